The molecule has 0 unspecified atom stereocenters. The first kappa shape index (κ1) is 15.9. The second kappa shape index (κ2) is 5.85. The molecule has 0 aromatic carbocycles. The SMILES string of the molecule is CC1(C)CC(=O)C(C=N[C@H](CC(=O)O)C(=O)O)=C(O)C1. The van der Waals surface area contributed by atoms with Crippen LogP contribution < -0.4 is 0 Å². The van der Waals surface area contributed by atoms with E-state index >= 15 is 0 Å². The normalized spacial score (nSPS) is 20.2. The molecule has 1 aliphatic rings. The minimum Gasteiger partial charge on any atom is -0.511 e. The molecule has 20 heavy (non-hydrogen) atoms. The van der Waals surface area contributed by atoms with Gasteiger partial charge in [-0.25, -0.2) is 4.79 Å². The highest BCUT2D eigenvalue weighted by Crippen LogP contribution is 2.35. The Bertz CT molecular complexity index is 503. The minimum atomic E-state index is -1.48. The molecule has 1 aliphatic carbocycles. The number of aliphatic carboxylic acids is 2. The summed E-state index contributed by atoms with van der Waals surface area (Å²) in [7, 11) is 0. The number of rotatable bonds is 5. The molecule has 0 heterocycles. The number of allylic oxidation sites excluding steroid dienone is 2. The van der Waals surface area contributed by atoms with Crippen LogP contribution in [0.1, 0.15) is 33.1 Å². The smallest absolute Gasteiger partial charge is 0.329 e. The molecule has 110 valence electrons. The Balaban J connectivity index is 2.95. The van der Waals surface area contributed by atoms with Crippen molar-refractivity contribution in [1.82, 2.24) is 0 Å². The number of hydrogen-bond acceptors (Lipinski definition) is 5. The lowest BCUT2D eigenvalue weighted by molar-refractivity contribution is -0.144. The number of carboxylic acid groups (broad SMARTS) is 2. The summed E-state index contributed by atoms with van der Waals surface area (Å²) in [6.45, 7) is 3.67. The molecule has 0 fully saturated rings. The van der Waals surface area contributed by atoms with Crippen molar-refractivity contribution < 1.29 is 29.7 Å². The molecular weight excluding hydrogens is 266 g/mol. The summed E-state index contributed by atoms with van der Waals surface area (Å²) in [5.74, 6) is -3.17. The fourth-order valence-corrected chi connectivity index (χ4v) is 1.98. The van der Waals surface area contributed by atoms with Crippen LogP contribution in [0.3, 0.4) is 0 Å². The van der Waals surface area contributed by atoms with Crippen molar-refractivity contribution in [2.24, 2.45) is 10.4 Å². The van der Waals surface area contributed by atoms with E-state index in [2.05, 4.69) is 4.99 Å². The fraction of sp³-hybridized carbons (Fsp3) is 0.538. The monoisotopic (exact) mass is 283 g/mol. The summed E-state index contributed by atoms with van der Waals surface area (Å²) >= 11 is 0. The first-order valence-corrected chi connectivity index (χ1v) is 6.05. The van der Waals surface area contributed by atoms with Gasteiger partial charge in [-0.05, 0) is 5.41 Å². The Morgan fingerprint density at radius 2 is 1.95 bits per heavy atom. The predicted molar refractivity (Wildman–Crippen MR) is 69.8 cm³/mol. The summed E-state index contributed by atoms with van der Waals surface area (Å²) in [4.78, 5) is 36.8. The molecule has 0 radical (unpaired) electrons. The van der Waals surface area contributed by atoms with Crippen LogP contribution in [-0.2, 0) is 14.4 Å². The van der Waals surface area contributed by atoms with Crippen LogP contribution in [-0.4, -0.2) is 45.3 Å². The second-order valence-corrected chi connectivity index (χ2v) is 5.53. The average Bonchev–Trinajstić information content (AvgIpc) is 2.23. The van der Waals surface area contributed by atoms with Gasteiger partial charge in [0, 0.05) is 19.1 Å². The molecule has 0 saturated carbocycles. The summed E-state index contributed by atoms with van der Waals surface area (Å²) in [6.07, 6.45) is 0.792. The molecule has 0 aliphatic heterocycles. The third kappa shape index (κ3) is 4.18. The van der Waals surface area contributed by atoms with Crippen molar-refractivity contribution in [3.05, 3.63) is 11.3 Å². The van der Waals surface area contributed by atoms with Gasteiger partial charge >= 0.3 is 11.9 Å². The summed E-state index contributed by atoms with van der Waals surface area (Å²) < 4.78 is 0. The molecule has 3 N–H and O–H groups in total. The Labute approximate surface area is 115 Å². The highest BCUT2D eigenvalue weighted by atomic mass is 16.4. The number of ketones is 1. The van der Waals surface area contributed by atoms with Crippen LogP contribution in [0.25, 0.3) is 0 Å². The molecule has 0 spiro atoms. The molecule has 7 heteroatoms. The Kier molecular flexibility index (Phi) is 4.65. The van der Waals surface area contributed by atoms with Crippen LogP contribution in [0.2, 0.25) is 0 Å². The zero-order valence-corrected chi connectivity index (χ0v) is 11.3. The van der Waals surface area contributed by atoms with Crippen molar-refractivity contribution in [2.75, 3.05) is 0 Å². The standard InChI is InChI=1S/C13H17NO6/c1-13(2)4-9(15)7(10(16)5-13)6-14-8(12(19)20)3-11(17)18/h6,8,15H,3-5H2,1-2H3,(H,17,18)(H,19,20)/t8-/m1/s1. The van der Waals surface area contributed by atoms with Gasteiger partial charge < -0.3 is 15.3 Å². The van der Waals surface area contributed by atoms with Crippen molar-refractivity contribution in [2.45, 2.75) is 39.2 Å². The number of carbonyl (C=O) groups is 3. The third-order valence-electron chi connectivity index (χ3n) is 2.93. The summed E-state index contributed by atoms with van der Waals surface area (Å²) in [6, 6.07) is -1.48. The van der Waals surface area contributed by atoms with Gasteiger partial charge in [0.25, 0.3) is 0 Å². The molecule has 0 amide bonds. The van der Waals surface area contributed by atoms with Crippen LogP contribution in [0.4, 0.5) is 0 Å². The molecule has 1 rings (SSSR count). The van der Waals surface area contributed by atoms with Gasteiger partial charge in [-0.2, -0.15) is 0 Å². The van der Waals surface area contributed by atoms with Gasteiger partial charge in [0.2, 0.25) is 0 Å². The van der Waals surface area contributed by atoms with E-state index in [1.54, 1.807) is 0 Å². The van der Waals surface area contributed by atoms with Gasteiger partial charge in [-0.15, -0.1) is 0 Å². The predicted octanol–water partition coefficient (Wildman–Crippen LogP) is 1.19. The van der Waals surface area contributed by atoms with E-state index in [4.69, 9.17) is 10.2 Å². The van der Waals surface area contributed by atoms with Gasteiger partial charge in [0.15, 0.2) is 11.8 Å². The first-order valence-electron chi connectivity index (χ1n) is 6.05. The van der Waals surface area contributed by atoms with Crippen molar-refractivity contribution in [1.29, 1.82) is 0 Å². The van der Waals surface area contributed by atoms with Crippen LogP contribution in [0, 0.1) is 5.41 Å². The highest BCUT2D eigenvalue weighted by Gasteiger charge is 2.32. The van der Waals surface area contributed by atoms with Gasteiger partial charge in [-0.1, -0.05) is 13.8 Å². The summed E-state index contributed by atoms with van der Waals surface area (Å²) in [5, 5.41) is 27.2. The van der Waals surface area contributed by atoms with Crippen molar-refractivity contribution in [3.63, 3.8) is 0 Å². The number of carbonyl (C=O) groups excluding carboxylic acids is 1. The third-order valence-corrected chi connectivity index (χ3v) is 2.93. The van der Waals surface area contributed by atoms with Gasteiger partial charge in [0.05, 0.1) is 12.0 Å². The van der Waals surface area contributed by atoms with E-state index in [0.29, 0.717) is 0 Å². The Hall–Kier alpha value is -2.18. The lowest BCUT2D eigenvalue weighted by Crippen LogP contribution is -2.27. The lowest BCUT2D eigenvalue weighted by atomic mass is 9.77. The topological polar surface area (TPSA) is 124 Å². The molecule has 0 saturated heterocycles. The van der Waals surface area contributed by atoms with E-state index in [1.807, 2.05) is 13.8 Å². The van der Waals surface area contributed by atoms with Crippen LogP contribution in [0.5, 0.6) is 0 Å². The molecule has 0 bridgehead atoms. The number of aliphatic hydroxyl groups is 1. The maximum atomic E-state index is 11.9. The fourth-order valence-electron chi connectivity index (χ4n) is 1.98. The Morgan fingerprint density at radius 1 is 1.35 bits per heavy atom. The number of hydrogen-bond donors (Lipinski definition) is 3. The van der Waals surface area contributed by atoms with E-state index in [-0.39, 0.29) is 35.4 Å². The minimum absolute atomic E-state index is 0.0408. The van der Waals surface area contributed by atoms with E-state index < -0.39 is 24.4 Å². The van der Waals surface area contributed by atoms with Crippen molar-refractivity contribution >= 4 is 23.9 Å². The largest absolute Gasteiger partial charge is 0.511 e. The van der Waals surface area contributed by atoms with Gasteiger partial charge in [-0.3, -0.25) is 14.6 Å². The van der Waals surface area contributed by atoms with E-state index in [0.717, 1.165) is 6.21 Å². The van der Waals surface area contributed by atoms with E-state index in [1.165, 1.54) is 0 Å². The summed E-state index contributed by atoms with van der Waals surface area (Å²) in [5.41, 5.74) is -0.396. The second-order valence-electron chi connectivity index (χ2n) is 5.53. The number of aliphatic hydroxyl groups excluding tert-OH is 1. The van der Waals surface area contributed by atoms with Crippen LogP contribution >= 0.6 is 0 Å². The maximum absolute atomic E-state index is 11.9. The van der Waals surface area contributed by atoms with Gasteiger partial charge in [0.1, 0.15) is 5.76 Å². The van der Waals surface area contributed by atoms with Crippen LogP contribution in [0.15, 0.2) is 16.3 Å². The maximum Gasteiger partial charge on any atom is 0.329 e. The average molecular weight is 283 g/mol. The number of aliphatic imine (C=N–C) groups is 1. The molecular formula is C13H17NO6. The lowest BCUT2D eigenvalue weighted by Gasteiger charge is -2.28. The number of Topliss-reactive ketones (excluding diaryl/α,β-unsaturated/α-hetero) is 1. The molecule has 7 nitrogen and oxygen atoms in total. The zero-order chi connectivity index (χ0) is 15.5. The van der Waals surface area contributed by atoms with Crippen molar-refractivity contribution in [3.8, 4) is 0 Å². The molecule has 1 atom stereocenters. The van der Waals surface area contributed by atoms with E-state index in [9.17, 15) is 19.5 Å². The number of carboxylic acids is 2. The number of nitrogens with zero attached hydrogens (tertiary/aromatic N) is 1. The molecule has 0 aromatic rings. The highest BCUT2D eigenvalue weighted by molar-refractivity contribution is 6.14. The Morgan fingerprint density at radius 3 is 2.40 bits per heavy atom. The zero-order valence-electron chi connectivity index (χ0n) is 11.3. The first-order chi connectivity index (χ1) is 9.12. The molecule has 0 aromatic heterocycles. The quantitative estimate of drug-likeness (QED) is 0.651.